The van der Waals surface area contributed by atoms with Crippen molar-refractivity contribution in [2.45, 2.75) is 23.5 Å². The number of β-amino-alcohol motifs (C(OH)–C–C–N with tert-alkyl or cyclic N) is 1. The molecule has 0 spiro atoms. The number of hydrogen-bond donors (Lipinski definition) is 2. The van der Waals surface area contributed by atoms with Gasteiger partial charge in [-0.2, -0.15) is 9.57 Å². The molecule has 1 aliphatic heterocycles. The first-order chi connectivity index (χ1) is 9.46. The summed E-state index contributed by atoms with van der Waals surface area (Å²) in [4.78, 5) is 0.167. The molecule has 1 saturated heterocycles. The lowest BCUT2D eigenvalue weighted by molar-refractivity contribution is 0.136. The van der Waals surface area contributed by atoms with Gasteiger partial charge in [0, 0.05) is 20.1 Å². The number of aliphatic hydroxyl groups excluding tert-OH is 1. The minimum atomic E-state index is -3.64. The van der Waals surface area contributed by atoms with E-state index in [4.69, 9.17) is 5.26 Å². The number of nitriles is 1. The molecule has 1 aliphatic rings. The first-order valence-corrected chi connectivity index (χ1v) is 7.73. The second-order valence-corrected chi connectivity index (χ2v) is 6.79. The summed E-state index contributed by atoms with van der Waals surface area (Å²) in [5.41, 5.74) is 0.775. The molecule has 108 valence electrons. The Morgan fingerprint density at radius 2 is 2.05 bits per heavy atom. The SMILES string of the molecule is CN([C@@H]1CNC[C@H]1O)S(=O)(=O)c1ccc(CC#N)cc1. The van der Waals surface area contributed by atoms with Gasteiger partial charge in [0.15, 0.2) is 0 Å². The maximum atomic E-state index is 12.5. The molecule has 0 saturated carbocycles. The maximum Gasteiger partial charge on any atom is 0.243 e. The van der Waals surface area contributed by atoms with E-state index >= 15 is 0 Å². The molecule has 2 N–H and O–H groups in total. The second-order valence-electron chi connectivity index (χ2n) is 4.79. The van der Waals surface area contributed by atoms with Crippen LogP contribution in [0.4, 0.5) is 0 Å². The zero-order chi connectivity index (χ0) is 14.8. The fourth-order valence-electron chi connectivity index (χ4n) is 2.24. The second kappa shape index (κ2) is 5.89. The van der Waals surface area contributed by atoms with Crippen molar-refractivity contribution < 1.29 is 13.5 Å². The largest absolute Gasteiger partial charge is 0.390 e. The zero-order valence-corrected chi connectivity index (χ0v) is 12.0. The van der Waals surface area contributed by atoms with E-state index in [1.54, 1.807) is 12.1 Å². The van der Waals surface area contributed by atoms with Crippen LogP contribution in [0, 0.1) is 11.3 Å². The Hall–Kier alpha value is -1.46. The number of aliphatic hydroxyl groups is 1. The van der Waals surface area contributed by atoms with Gasteiger partial charge in [0.1, 0.15) is 0 Å². The fraction of sp³-hybridized carbons (Fsp3) is 0.462. The van der Waals surface area contributed by atoms with Crippen molar-refractivity contribution in [3.05, 3.63) is 29.8 Å². The standard InChI is InChI=1S/C13H17N3O3S/c1-16(12-8-15-9-13(12)17)20(18,19)11-4-2-10(3-5-11)6-7-14/h2-5,12-13,15,17H,6,8-9H2,1H3/t12-,13-/m1/s1. The van der Waals surface area contributed by atoms with Crippen LogP contribution < -0.4 is 5.32 Å². The summed E-state index contributed by atoms with van der Waals surface area (Å²) >= 11 is 0. The Labute approximate surface area is 118 Å². The van der Waals surface area contributed by atoms with Crippen molar-refractivity contribution in [2.75, 3.05) is 20.1 Å². The van der Waals surface area contributed by atoms with Gasteiger partial charge >= 0.3 is 0 Å². The number of rotatable bonds is 4. The van der Waals surface area contributed by atoms with Crippen LogP contribution in [0.2, 0.25) is 0 Å². The Morgan fingerprint density at radius 1 is 1.40 bits per heavy atom. The summed E-state index contributed by atoms with van der Waals surface area (Å²) in [5, 5.41) is 21.3. The van der Waals surface area contributed by atoms with E-state index < -0.39 is 22.2 Å². The Morgan fingerprint density at radius 3 is 2.55 bits per heavy atom. The van der Waals surface area contributed by atoms with Gasteiger partial charge < -0.3 is 10.4 Å². The predicted octanol–water partition coefficient (Wildman–Crippen LogP) is -0.294. The molecule has 20 heavy (non-hydrogen) atoms. The van der Waals surface area contributed by atoms with Crippen molar-refractivity contribution in [3.63, 3.8) is 0 Å². The van der Waals surface area contributed by atoms with E-state index in [1.807, 2.05) is 6.07 Å². The molecule has 1 aromatic rings. The summed E-state index contributed by atoms with van der Waals surface area (Å²) in [6.45, 7) is 0.828. The zero-order valence-electron chi connectivity index (χ0n) is 11.2. The minimum Gasteiger partial charge on any atom is -0.390 e. The molecule has 1 heterocycles. The first-order valence-electron chi connectivity index (χ1n) is 6.29. The van der Waals surface area contributed by atoms with Gasteiger partial charge in [0.25, 0.3) is 0 Å². The highest BCUT2D eigenvalue weighted by molar-refractivity contribution is 7.89. The van der Waals surface area contributed by atoms with Crippen LogP contribution in [0.15, 0.2) is 29.2 Å². The topological polar surface area (TPSA) is 93.4 Å². The molecule has 7 heteroatoms. The Kier molecular flexibility index (Phi) is 4.40. The van der Waals surface area contributed by atoms with Gasteiger partial charge in [0.05, 0.1) is 29.5 Å². The normalized spacial score (nSPS) is 22.9. The van der Waals surface area contributed by atoms with Crippen molar-refractivity contribution in [1.29, 1.82) is 5.26 Å². The molecular formula is C13H17N3O3S. The predicted molar refractivity (Wildman–Crippen MR) is 73.4 cm³/mol. The van der Waals surface area contributed by atoms with E-state index in [0.29, 0.717) is 13.1 Å². The van der Waals surface area contributed by atoms with Crippen LogP contribution in [0.3, 0.4) is 0 Å². The van der Waals surface area contributed by atoms with E-state index in [-0.39, 0.29) is 11.3 Å². The molecule has 0 bridgehead atoms. The van der Waals surface area contributed by atoms with Crippen molar-refractivity contribution in [2.24, 2.45) is 0 Å². The molecule has 2 rings (SSSR count). The van der Waals surface area contributed by atoms with Gasteiger partial charge in [-0.1, -0.05) is 12.1 Å². The maximum absolute atomic E-state index is 12.5. The number of sulfonamides is 1. The summed E-state index contributed by atoms with van der Waals surface area (Å²) < 4.78 is 26.1. The Bertz CT molecular complexity index is 607. The van der Waals surface area contributed by atoms with Gasteiger partial charge in [-0.3, -0.25) is 0 Å². The third-order valence-electron chi connectivity index (χ3n) is 3.50. The van der Waals surface area contributed by atoms with E-state index in [2.05, 4.69) is 5.32 Å². The number of nitrogens with zero attached hydrogens (tertiary/aromatic N) is 2. The molecule has 1 aromatic carbocycles. The van der Waals surface area contributed by atoms with Gasteiger partial charge in [0.2, 0.25) is 10.0 Å². The van der Waals surface area contributed by atoms with Crippen molar-refractivity contribution >= 4 is 10.0 Å². The van der Waals surface area contributed by atoms with Gasteiger partial charge in [-0.25, -0.2) is 8.42 Å². The van der Waals surface area contributed by atoms with Crippen LogP contribution >= 0.6 is 0 Å². The molecule has 0 aliphatic carbocycles. The lowest BCUT2D eigenvalue weighted by Gasteiger charge is -2.25. The molecule has 0 aromatic heterocycles. The monoisotopic (exact) mass is 295 g/mol. The Balaban J connectivity index is 2.23. The van der Waals surface area contributed by atoms with E-state index in [9.17, 15) is 13.5 Å². The minimum absolute atomic E-state index is 0.167. The highest BCUT2D eigenvalue weighted by Gasteiger charge is 2.35. The summed E-state index contributed by atoms with van der Waals surface area (Å²) in [7, 11) is -2.16. The van der Waals surface area contributed by atoms with E-state index in [1.165, 1.54) is 23.5 Å². The third-order valence-corrected chi connectivity index (χ3v) is 5.40. The smallest absolute Gasteiger partial charge is 0.243 e. The summed E-state index contributed by atoms with van der Waals surface area (Å²) in [5.74, 6) is 0. The highest BCUT2D eigenvalue weighted by atomic mass is 32.2. The lowest BCUT2D eigenvalue weighted by Crippen LogP contribution is -2.44. The molecule has 0 unspecified atom stereocenters. The molecule has 6 nitrogen and oxygen atoms in total. The number of likely N-dealkylation sites (N-methyl/N-ethyl adjacent to an activating group) is 1. The van der Waals surface area contributed by atoms with Crippen molar-refractivity contribution in [1.82, 2.24) is 9.62 Å². The van der Waals surface area contributed by atoms with Crippen LogP contribution in [-0.4, -0.2) is 50.1 Å². The van der Waals surface area contributed by atoms with Gasteiger partial charge in [-0.05, 0) is 17.7 Å². The number of benzene rings is 1. The van der Waals surface area contributed by atoms with Crippen LogP contribution in [0.5, 0.6) is 0 Å². The average molecular weight is 295 g/mol. The molecular weight excluding hydrogens is 278 g/mol. The first kappa shape index (κ1) is 14.9. The van der Waals surface area contributed by atoms with E-state index in [0.717, 1.165) is 5.56 Å². The summed E-state index contributed by atoms with van der Waals surface area (Å²) in [6.07, 6.45) is -0.450. The third kappa shape index (κ3) is 2.83. The average Bonchev–Trinajstić information content (AvgIpc) is 2.85. The van der Waals surface area contributed by atoms with Crippen LogP contribution in [0.25, 0.3) is 0 Å². The van der Waals surface area contributed by atoms with Crippen LogP contribution in [-0.2, 0) is 16.4 Å². The fourth-order valence-corrected chi connectivity index (χ4v) is 3.62. The van der Waals surface area contributed by atoms with Crippen molar-refractivity contribution in [3.8, 4) is 6.07 Å². The molecule has 2 atom stereocenters. The molecule has 1 fully saturated rings. The van der Waals surface area contributed by atoms with Crippen LogP contribution in [0.1, 0.15) is 5.56 Å². The highest BCUT2D eigenvalue weighted by Crippen LogP contribution is 2.20. The molecule has 0 radical (unpaired) electrons. The summed E-state index contributed by atoms with van der Waals surface area (Å²) in [6, 6.07) is 7.81. The van der Waals surface area contributed by atoms with Gasteiger partial charge in [-0.15, -0.1) is 0 Å². The molecule has 0 amide bonds. The lowest BCUT2D eigenvalue weighted by atomic mass is 10.2. The quantitative estimate of drug-likeness (QED) is 0.796. The number of hydrogen-bond acceptors (Lipinski definition) is 5. The number of nitrogens with one attached hydrogen (secondary N) is 1.